The van der Waals surface area contributed by atoms with Crippen LogP contribution in [0.15, 0.2) is 40.1 Å². The molecule has 0 N–H and O–H groups in total. The fourth-order valence-corrected chi connectivity index (χ4v) is 10.4. The van der Waals surface area contributed by atoms with E-state index in [-0.39, 0.29) is 0 Å². The van der Waals surface area contributed by atoms with Gasteiger partial charge in [-0.15, -0.1) is 0 Å². The molecule has 0 spiro atoms. The van der Waals surface area contributed by atoms with Gasteiger partial charge in [-0.2, -0.15) is 0 Å². The first-order valence-electron chi connectivity index (χ1n) is 5.13. The average molecular weight is 372 g/mol. The Bertz CT molecular complexity index is 559. The molecule has 0 bridgehead atoms. The van der Waals surface area contributed by atoms with Crippen LogP contribution in [0.3, 0.4) is 0 Å². The predicted molar refractivity (Wildman–Crippen MR) is 69.5 cm³/mol. The summed E-state index contributed by atoms with van der Waals surface area (Å²) in [5, 5.41) is -0.806. The fraction of sp³-hybridized carbons (Fsp3) is 0.200. The van der Waals surface area contributed by atoms with Crippen molar-refractivity contribution >= 4 is 33.7 Å². The second-order valence-electron chi connectivity index (χ2n) is 3.94. The molecule has 0 unspecified atom stereocenters. The van der Waals surface area contributed by atoms with Crippen LogP contribution in [0.25, 0.3) is 0 Å². The minimum atomic E-state index is -6.48. The summed E-state index contributed by atoms with van der Waals surface area (Å²) in [6.45, 7) is 0. The van der Waals surface area contributed by atoms with Crippen LogP contribution in [0.1, 0.15) is 0 Å². The van der Waals surface area contributed by atoms with Crippen LogP contribution in [-0.4, -0.2) is 12.4 Å². The van der Waals surface area contributed by atoms with Gasteiger partial charge in [-0.1, -0.05) is 0 Å². The number of hydrogen-bond donors (Lipinski definition) is 0. The SMILES string of the molecule is FC(F)(F)C1=C(C(F)(F)F)SP(F)(F)(c2ccccc2)S1. The van der Waals surface area contributed by atoms with E-state index in [1.54, 1.807) is 0 Å². The summed E-state index contributed by atoms with van der Waals surface area (Å²) >= 11 is -1.99. The van der Waals surface area contributed by atoms with E-state index in [0.717, 1.165) is 24.3 Å². The van der Waals surface area contributed by atoms with Gasteiger partial charge in [0.2, 0.25) is 0 Å². The van der Waals surface area contributed by atoms with Gasteiger partial charge in [-0.25, -0.2) is 0 Å². The second-order valence-corrected chi connectivity index (χ2v) is 12.8. The molecule has 2 rings (SSSR count). The third-order valence-corrected chi connectivity index (χ3v) is 11.0. The molecule has 0 aromatic heterocycles. The summed E-state index contributed by atoms with van der Waals surface area (Å²) < 4.78 is 105. The summed E-state index contributed by atoms with van der Waals surface area (Å²) in [5.74, 6) is 0. The van der Waals surface area contributed by atoms with Gasteiger partial charge in [0.25, 0.3) is 0 Å². The summed E-state index contributed by atoms with van der Waals surface area (Å²) in [7, 11) is 0. The molecule has 0 fully saturated rings. The third-order valence-electron chi connectivity index (χ3n) is 2.37. The van der Waals surface area contributed by atoms with Crippen LogP contribution in [0, 0.1) is 0 Å². The van der Waals surface area contributed by atoms with E-state index in [1.807, 2.05) is 0 Å². The maximum atomic E-state index is 14.6. The van der Waals surface area contributed by atoms with Gasteiger partial charge in [-0.05, 0) is 0 Å². The van der Waals surface area contributed by atoms with Crippen LogP contribution >= 0.6 is 28.4 Å². The Hall–Kier alpha value is -0.470. The molecule has 11 heteroatoms. The first kappa shape index (κ1) is 16.9. The minimum absolute atomic E-state index is 0.806. The molecule has 118 valence electrons. The molecule has 1 aliphatic heterocycles. The molecule has 0 atom stereocenters. The van der Waals surface area contributed by atoms with Crippen molar-refractivity contribution in [3.63, 3.8) is 0 Å². The third kappa shape index (κ3) is 3.17. The molecule has 0 amide bonds. The average Bonchev–Trinajstić information content (AvgIpc) is 2.65. The topological polar surface area (TPSA) is 0 Å². The van der Waals surface area contributed by atoms with Gasteiger partial charge in [-0.3, -0.25) is 0 Å². The van der Waals surface area contributed by atoms with Crippen LogP contribution in [0.5, 0.6) is 0 Å². The quantitative estimate of drug-likeness (QED) is 0.420. The van der Waals surface area contributed by atoms with Crippen LogP contribution in [0.2, 0.25) is 0 Å². The molecule has 1 aromatic carbocycles. The number of halogens is 8. The Morgan fingerprint density at radius 1 is 0.714 bits per heavy atom. The van der Waals surface area contributed by atoms with Crippen molar-refractivity contribution in [2.75, 3.05) is 0 Å². The van der Waals surface area contributed by atoms with Crippen molar-refractivity contribution in [1.29, 1.82) is 0 Å². The summed E-state index contributed by atoms with van der Waals surface area (Å²) in [5.41, 5.74) is -6.48. The van der Waals surface area contributed by atoms with Gasteiger partial charge >= 0.3 is 121 Å². The first-order chi connectivity index (χ1) is 9.33. The molecule has 0 saturated carbocycles. The van der Waals surface area contributed by atoms with Gasteiger partial charge in [0.1, 0.15) is 0 Å². The molecule has 0 radical (unpaired) electrons. The molecule has 0 nitrogen and oxygen atoms in total. The zero-order chi connectivity index (χ0) is 16.1. The van der Waals surface area contributed by atoms with E-state index < -0.39 is 55.9 Å². The van der Waals surface area contributed by atoms with Crippen LogP contribution in [0.4, 0.5) is 34.7 Å². The predicted octanol–water partition coefficient (Wildman–Crippen LogP) is 6.28. The van der Waals surface area contributed by atoms with Crippen LogP contribution in [-0.2, 0) is 0 Å². The summed E-state index contributed by atoms with van der Waals surface area (Å²) in [6.07, 6.45) is -11.0. The molecular weight excluding hydrogens is 367 g/mol. The molecular formula is C10H5F8PS2. The standard InChI is InChI=1S/C10H5F8PS2/c11-9(12,13)7-8(10(14,15)16)21-19(17,18,20-7)6-4-2-1-3-5-6/h1-5H. The zero-order valence-corrected chi connectivity index (χ0v) is 12.2. The van der Waals surface area contributed by atoms with E-state index in [2.05, 4.69) is 0 Å². The van der Waals surface area contributed by atoms with Crippen molar-refractivity contribution in [3.05, 3.63) is 40.1 Å². The number of allylic oxidation sites excluding steroid dienone is 2. The normalized spacial score (nSPS) is 23.7. The molecule has 21 heavy (non-hydrogen) atoms. The number of rotatable bonds is 1. The Morgan fingerprint density at radius 3 is 1.43 bits per heavy atom. The molecule has 1 heterocycles. The van der Waals surface area contributed by atoms with Gasteiger partial charge in [0, 0.05) is 0 Å². The summed E-state index contributed by atoms with van der Waals surface area (Å²) in [4.78, 5) is -4.54. The zero-order valence-electron chi connectivity index (χ0n) is 9.67. The number of benzene rings is 1. The van der Waals surface area contributed by atoms with Crippen molar-refractivity contribution in [1.82, 2.24) is 0 Å². The summed E-state index contributed by atoms with van der Waals surface area (Å²) in [6, 6.07) is 5.30. The van der Waals surface area contributed by atoms with Crippen molar-refractivity contribution in [2.45, 2.75) is 12.4 Å². The van der Waals surface area contributed by atoms with Crippen molar-refractivity contribution < 1.29 is 34.7 Å². The monoisotopic (exact) mass is 372 g/mol. The first-order valence-corrected chi connectivity index (χ1v) is 9.99. The fourth-order valence-electron chi connectivity index (χ4n) is 1.53. The molecule has 1 aromatic rings. The Balaban J connectivity index is 2.57. The Morgan fingerprint density at radius 2 is 1.10 bits per heavy atom. The van der Waals surface area contributed by atoms with Crippen molar-refractivity contribution in [2.24, 2.45) is 0 Å². The molecule has 1 aliphatic rings. The van der Waals surface area contributed by atoms with E-state index in [9.17, 15) is 34.7 Å². The maximum absolute atomic E-state index is 14.6. The molecule has 0 saturated heterocycles. The number of alkyl halides is 6. The Kier molecular flexibility index (Phi) is 3.83. The van der Waals surface area contributed by atoms with Gasteiger partial charge in [0.05, 0.1) is 0 Å². The van der Waals surface area contributed by atoms with Crippen molar-refractivity contribution in [3.8, 4) is 0 Å². The Labute approximate surface area is 121 Å². The van der Waals surface area contributed by atoms with Crippen LogP contribution < -0.4 is 5.30 Å². The van der Waals surface area contributed by atoms with Gasteiger partial charge in [0.15, 0.2) is 0 Å². The van der Waals surface area contributed by atoms with E-state index in [0.29, 0.717) is 0 Å². The molecule has 0 aliphatic carbocycles. The van der Waals surface area contributed by atoms with E-state index >= 15 is 0 Å². The van der Waals surface area contributed by atoms with Gasteiger partial charge < -0.3 is 0 Å². The number of hydrogen-bond acceptors (Lipinski definition) is 2. The van der Waals surface area contributed by atoms with E-state index in [1.165, 1.54) is 6.07 Å². The van der Waals surface area contributed by atoms with E-state index in [4.69, 9.17) is 0 Å². The second kappa shape index (κ2) is 4.76.